The Hall–Kier alpha value is -1.16. The average molecular weight is 205 g/mol. The van der Waals surface area contributed by atoms with Crippen molar-refractivity contribution in [3.05, 3.63) is 11.7 Å². The molecule has 1 fully saturated rings. The topological polar surface area (TPSA) is 73.9 Å². The van der Waals surface area contributed by atoms with Crippen molar-refractivity contribution in [3.8, 4) is 0 Å². The maximum Gasteiger partial charge on any atom is 0.652 e. The monoisotopic (exact) mass is 205 g/mol. The quantitative estimate of drug-likeness (QED) is 0.677. The molecular weight excluding hydrogens is 197 g/mol. The minimum atomic E-state index is -3.39. The van der Waals surface area contributed by atoms with Crippen LogP contribution in [0.2, 0.25) is 0 Å². The van der Waals surface area contributed by atoms with Gasteiger partial charge in [-0.3, -0.25) is 4.79 Å². The fourth-order valence-corrected chi connectivity index (χ4v) is 1.98. The van der Waals surface area contributed by atoms with Crippen molar-refractivity contribution in [2.45, 2.75) is 19.9 Å². The predicted molar refractivity (Wildman–Crippen MR) is 41.2 cm³/mol. The van der Waals surface area contributed by atoms with Crippen molar-refractivity contribution in [2.24, 2.45) is 0 Å². The van der Waals surface area contributed by atoms with Crippen LogP contribution >= 0.6 is 7.82 Å². The fourth-order valence-electron chi connectivity index (χ4n) is 0.941. The number of phosphoric ester groups is 1. The molecule has 1 amide bonds. The number of rotatable bonds is 2. The summed E-state index contributed by atoms with van der Waals surface area (Å²) in [5.74, 6) is -0.682. The molecule has 72 valence electrons. The Kier molecular flexibility index (Phi) is 1.57. The van der Waals surface area contributed by atoms with Gasteiger partial charge in [0.2, 0.25) is 0 Å². The lowest BCUT2D eigenvalue weighted by Gasteiger charge is -2.15. The second-order valence-electron chi connectivity index (χ2n) is 2.97. The molecule has 0 atom stereocenters. The first-order valence-electron chi connectivity index (χ1n) is 3.74. The molecule has 3 rings (SSSR count). The van der Waals surface area contributed by atoms with Crippen LogP contribution in [0.3, 0.4) is 0 Å². The van der Waals surface area contributed by atoms with E-state index < -0.39 is 13.7 Å². The molecule has 1 saturated heterocycles. The molecule has 3 heterocycles. The fraction of sp³-hybridized carbons (Fsp3) is 0.500. The van der Waals surface area contributed by atoms with Crippen LogP contribution in [0.4, 0.5) is 0 Å². The highest BCUT2D eigenvalue weighted by Crippen LogP contribution is 2.70. The lowest BCUT2D eigenvalue weighted by atomic mass is 10.3. The van der Waals surface area contributed by atoms with Crippen LogP contribution in [0.25, 0.3) is 0 Å². The van der Waals surface area contributed by atoms with Gasteiger partial charge in [-0.05, 0) is 13.8 Å². The summed E-state index contributed by atoms with van der Waals surface area (Å²) < 4.78 is 24.8. The SMILES string of the molecule is CC(C)NC(=O)C1=C2OP(=O)(O2)O1. The number of fused-ring (bicyclic) bond motifs is 1. The standard InChI is InChI=1S/C6H8NO5P/c1-3(2)7-5(8)4-6-11-13(9,10-4)12-6/h3H,1-2H3,(H,7,8). The summed E-state index contributed by atoms with van der Waals surface area (Å²) in [5.41, 5.74) is 0. The van der Waals surface area contributed by atoms with Crippen LogP contribution in [-0.4, -0.2) is 11.9 Å². The number of amides is 1. The smallest absolute Gasteiger partial charge is 0.372 e. The average Bonchev–Trinajstić information content (AvgIpc) is 2.38. The summed E-state index contributed by atoms with van der Waals surface area (Å²) in [7, 11) is -3.39. The summed E-state index contributed by atoms with van der Waals surface area (Å²) >= 11 is 0. The number of hydrogen-bond donors (Lipinski definition) is 1. The lowest BCUT2D eigenvalue weighted by Crippen LogP contribution is -2.31. The van der Waals surface area contributed by atoms with Crippen molar-refractivity contribution in [2.75, 3.05) is 0 Å². The third-order valence-corrected chi connectivity index (χ3v) is 2.59. The molecule has 0 aromatic carbocycles. The van der Waals surface area contributed by atoms with E-state index in [9.17, 15) is 9.36 Å². The molecule has 3 aliphatic rings. The molecule has 0 aromatic rings. The molecular formula is C6H8NO5P. The maximum atomic E-state index is 11.3. The number of carbonyl (C=O) groups excluding carboxylic acids is 1. The van der Waals surface area contributed by atoms with Crippen LogP contribution in [0, 0.1) is 0 Å². The van der Waals surface area contributed by atoms with Crippen molar-refractivity contribution >= 4 is 13.7 Å². The van der Waals surface area contributed by atoms with Gasteiger partial charge in [-0.15, -0.1) is 0 Å². The largest absolute Gasteiger partial charge is 0.652 e. The van der Waals surface area contributed by atoms with Gasteiger partial charge in [0.1, 0.15) is 0 Å². The van der Waals surface area contributed by atoms with E-state index in [-0.39, 0.29) is 17.7 Å². The minimum Gasteiger partial charge on any atom is -0.372 e. The molecule has 0 aliphatic carbocycles. The molecule has 3 aliphatic heterocycles. The molecule has 13 heavy (non-hydrogen) atoms. The molecule has 0 aromatic heterocycles. The van der Waals surface area contributed by atoms with E-state index >= 15 is 0 Å². The first kappa shape index (κ1) is 8.44. The highest BCUT2D eigenvalue weighted by atomic mass is 31.2. The Morgan fingerprint density at radius 3 is 2.38 bits per heavy atom. The Morgan fingerprint density at radius 2 is 2.00 bits per heavy atom. The number of phosphoric acid groups is 1. The van der Waals surface area contributed by atoms with Gasteiger partial charge in [-0.2, -0.15) is 4.57 Å². The lowest BCUT2D eigenvalue weighted by molar-refractivity contribution is -0.119. The van der Waals surface area contributed by atoms with E-state index in [0.717, 1.165) is 0 Å². The Balaban J connectivity index is 2.08. The Morgan fingerprint density at radius 1 is 1.38 bits per heavy atom. The normalized spacial score (nSPS) is 21.5. The van der Waals surface area contributed by atoms with Crippen LogP contribution in [0.5, 0.6) is 0 Å². The van der Waals surface area contributed by atoms with Crippen LogP contribution in [-0.2, 0) is 22.9 Å². The summed E-state index contributed by atoms with van der Waals surface area (Å²) in [5, 5.41) is 2.56. The van der Waals surface area contributed by atoms with Gasteiger partial charge >= 0.3 is 13.8 Å². The van der Waals surface area contributed by atoms with Crippen molar-refractivity contribution < 1.29 is 22.9 Å². The van der Waals surface area contributed by atoms with Gasteiger partial charge in [0.25, 0.3) is 11.7 Å². The van der Waals surface area contributed by atoms with Gasteiger partial charge in [0.15, 0.2) is 0 Å². The molecule has 2 bridgehead atoms. The Labute approximate surface area is 74.5 Å². The van der Waals surface area contributed by atoms with Crippen LogP contribution in [0.15, 0.2) is 11.7 Å². The van der Waals surface area contributed by atoms with Crippen LogP contribution < -0.4 is 5.32 Å². The van der Waals surface area contributed by atoms with E-state index in [2.05, 4.69) is 18.9 Å². The first-order valence-corrected chi connectivity index (χ1v) is 5.20. The maximum absolute atomic E-state index is 11.3. The van der Waals surface area contributed by atoms with E-state index in [0.29, 0.717) is 0 Å². The second-order valence-corrected chi connectivity index (χ2v) is 4.41. The van der Waals surface area contributed by atoms with E-state index in [1.165, 1.54) is 0 Å². The van der Waals surface area contributed by atoms with Crippen LogP contribution in [0.1, 0.15) is 13.8 Å². The highest BCUT2D eigenvalue weighted by Gasteiger charge is 2.58. The number of carbonyl (C=O) groups is 1. The zero-order valence-electron chi connectivity index (χ0n) is 7.07. The zero-order valence-corrected chi connectivity index (χ0v) is 7.96. The molecule has 6 nitrogen and oxygen atoms in total. The molecule has 1 N–H and O–H groups in total. The van der Waals surface area contributed by atoms with E-state index in [1.807, 2.05) is 0 Å². The molecule has 0 saturated carbocycles. The van der Waals surface area contributed by atoms with Crippen molar-refractivity contribution in [1.29, 1.82) is 0 Å². The zero-order chi connectivity index (χ0) is 9.64. The van der Waals surface area contributed by atoms with Gasteiger partial charge in [0, 0.05) is 6.04 Å². The molecule has 0 spiro atoms. The summed E-state index contributed by atoms with van der Waals surface area (Å²) in [6.45, 7) is 3.60. The Bertz CT molecular complexity index is 335. The summed E-state index contributed by atoms with van der Waals surface area (Å²) in [6, 6.07) is -0.0251. The van der Waals surface area contributed by atoms with E-state index in [1.54, 1.807) is 13.8 Å². The first-order chi connectivity index (χ1) is 6.00. The van der Waals surface area contributed by atoms with Gasteiger partial charge in [-0.1, -0.05) is 0 Å². The predicted octanol–water partition coefficient (Wildman–Crippen LogP) is 0.865. The second kappa shape index (κ2) is 2.42. The number of hydrogen-bond acceptors (Lipinski definition) is 5. The van der Waals surface area contributed by atoms with Gasteiger partial charge in [-0.25, -0.2) is 0 Å². The highest BCUT2D eigenvalue weighted by molar-refractivity contribution is 7.50. The summed E-state index contributed by atoms with van der Waals surface area (Å²) in [4.78, 5) is 11.3. The van der Waals surface area contributed by atoms with Gasteiger partial charge in [0.05, 0.1) is 0 Å². The van der Waals surface area contributed by atoms with E-state index in [4.69, 9.17) is 0 Å². The third-order valence-electron chi connectivity index (χ3n) is 1.40. The molecule has 0 radical (unpaired) electrons. The minimum absolute atomic E-state index is 0.0251. The number of nitrogens with one attached hydrogen (secondary N) is 1. The van der Waals surface area contributed by atoms with Gasteiger partial charge < -0.3 is 18.9 Å². The van der Waals surface area contributed by atoms with Crippen molar-refractivity contribution in [3.63, 3.8) is 0 Å². The summed E-state index contributed by atoms with van der Waals surface area (Å²) in [6.07, 6.45) is 0. The van der Waals surface area contributed by atoms with Crippen molar-refractivity contribution in [1.82, 2.24) is 5.32 Å². The molecule has 7 heteroatoms. The third kappa shape index (κ3) is 1.27. The molecule has 0 unspecified atom stereocenters.